The molecule has 0 N–H and O–H groups in total. The Bertz CT molecular complexity index is 1030. The minimum Gasteiger partial charge on any atom is -0.414 e. The Balaban J connectivity index is 1.61. The van der Waals surface area contributed by atoms with E-state index in [-0.39, 0.29) is 34.8 Å². The van der Waals surface area contributed by atoms with E-state index in [0.717, 1.165) is 16.3 Å². The summed E-state index contributed by atoms with van der Waals surface area (Å²) in [7, 11) is 2.05. The lowest BCUT2D eigenvalue weighted by atomic mass is 9.97. The third-order valence-electron chi connectivity index (χ3n) is 7.46. The van der Waals surface area contributed by atoms with Crippen molar-refractivity contribution in [3.05, 3.63) is 71.8 Å². The second-order valence-electron chi connectivity index (χ2n) is 11.6. The quantitative estimate of drug-likeness (QED) is 0.366. The first kappa shape index (κ1) is 28.3. The van der Waals surface area contributed by atoms with Crippen LogP contribution >= 0.6 is 11.8 Å². The molecule has 1 saturated heterocycles. The topological polar surface area (TPSA) is 52.5 Å². The summed E-state index contributed by atoms with van der Waals surface area (Å²) in [4.78, 5) is 7.08. The van der Waals surface area contributed by atoms with Crippen LogP contribution in [0.15, 0.2) is 65.7 Å². The van der Waals surface area contributed by atoms with Crippen molar-refractivity contribution < 1.29 is 18.6 Å². The molecule has 2 aromatic carbocycles. The van der Waals surface area contributed by atoms with Gasteiger partial charge in [0.05, 0.1) is 19.8 Å². The highest BCUT2D eigenvalue weighted by Gasteiger charge is 2.52. The van der Waals surface area contributed by atoms with E-state index in [0.29, 0.717) is 19.8 Å². The highest BCUT2D eigenvalue weighted by Crippen LogP contribution is 2.41. The summed E-state index contributed by atoms with van der Waals surface area (Å²) in [6.07, 6.45) is -0.842. The van der Waals surface area contributed by atoms with Crippen molar-refractivity contribution in [3.63, 3.8) is 0 Å². The SMILES string of the molecule is CN(C)C1=NC2C(OC(CO[Si](C)(C)C(C)(C)C)C(OCc3ccccc3)C2OCc2ccccc2)S1. The molecule has 0 radical (unpaired) electrons. The van der Waals surface area contributed by atoms with Crippen LogP contribution in [-0.4, -0.2) is 68.9 Å². The average Bonchev–Trinajstić information content (AvgIpc) is 3.30. The number of benzene rings is 2. The summed E-state index contributed by atoms with van der Waals surface area (Å²) in [6.45, 7) is 12.8. The van der Waals surface area contributed by atoms with E-state index in [4.69, 9.17) is 23.6 Å². The highest BCUT2D eigenvalue weighted by molar-refractivity contribution is 8.14. The van der Waals surface area contributed by atoms with Crippen molar-refractivity contribution in [2.75, 3.05) is 20.7 Å². The van der Waals surface area contributed by atoms with Gasteiger partial charge in [-0.1, -0.05) is 93.2 Å². The predicted octanol–water partition coefficient (Wildman–Crippen LogP) is 5.94. The number of fused-ring (bicyclic) bond motifs is 1. The van der Waals surface area contributed by atoms with Gasteiger partial charge in [0.15, 0.2) is 13.5 Å². The zero-order valence-corrected chi connectivity index (χ0v) is 25.0. The van der Waals surface area contributed by atoms with Gasteiger partial charge in [-0.15, -0.1) is 0 Å². The van der Waals surface area contributed by atoms with Crippen molar-refractivity contribution in [2.45, 2.75) is 81.9 Å². The number of rotatable bonds is 9. The molecule has 8 heteroatoms. The van der Waals surface area contributed by atoms with E-state index in [1.807, 2.05) is 55.4 Å². The third kappa shape index (κ3) is 7.05. The Labute approximate surface area is 227 Å². The smallest absolute Gasteiger partial charge is 0.192 e. The molecule has 2 aliphatic heterocycles. The summed E-state index contributed by atoms with van der Waals surface area (Å²) < 4.78 is 26.7. The maximum Gasteiger partial charge on any atom is 0.192 e. The van der Waals surface area contributed by atoms with E-state index >= 15 is 0 Å². The lowest BCUT2D eigenvalue weighted by molar-refractivity contribution is -0.204. The second-order valence-corrected chi connectivity index (χ2v) is 17.4. The van der Waals surface area contributed by atoms with Crippen LogP contribution in [0.25, 0.3) is 0 Å². The van der Waals surface area contributed by atoms with Crippen molar-refractivity contribution in [1.29, 1.82) is 0 Å². The molecular weight excluding hydrogens is 500 g/mol. The van der Waals surface area contributed by atoms with E-state index < -0.39 is 8.32 Å². The molecule has 0 aliphatic carbocycles. The molecule has 5 atom stereocenters. The lowest BCUT2D eigenvalue weighted by Gasteiger charge is -2.44. The monoisotopic (exact) mass is 542 g/mol. The molecule has 37 heavy (non-hydrogen) atoms. The van der Waals surface area contributed by atoms with Gasteiger partial charge >= 0.3 is 0 Å². The Morgan fingerprint density at radius 3 is 1.95 bits per heavy atom. The van der Waals surface area contributed by atoms with E-state index in [1.54, 1.807) is 11.8 Å². The fourth-order valence-corrected chi connectivity index (χ4v) is 6.34. The van der Waals surface area contributed by atoms with Crippen molar-refractivity contribution >= 4 is 25.2 Å². The molecule has 2 aromatic rings. The summed E-state index contributed by atoms with van der Waals surface area (Å²) in [5.41, 5.74) is 2.11. The van der Waals surface area contributed by atoms with Crippen LogP contribution in [0.3, 0.4) is 0 Å². The fourth-order valence-electron chi connectivity index (χ4n) is 4.18. The zero-order valence-electron chi connectivity index (χ0n) is 23.2. The van der Waals surface area contributed by atoms with Gasteiger partial charge in [0.1, 0.15) is 29.8 Å². The maximum absolute atomic E-state index is 6.70. The number of thioether (sulfide) groups is 1. The first-order valence-corrected chi connectivity index (χ1v) is 16.9. The molecule has 2 heterocycles. The minimum absolute atomic E-state index is 0.108. The fraction of sp³-hybridized carbons (Fsp3) is 0.552. The Morgan fingerprint density at radius 2 is 1.43 bits per heavy atom. The van der Waals surface area contributed by atoms with Crippen LogP contribution < -0.4 is 0 Å². The summed E-state index contributed by atoms with van der Waals surface area (Å²) in [5.74, 6) is 0. The van der Waals surface area contributed by atoms with E-state index in [9.17, 15) is 0 Å². The summed E-state index contributed by atoms with van der Waals surface area (Å²) >= 11 is 1.66. The van der Waals surface area contributed by atoms with E-state index in [2.05, 4.69) is 58.1 Å². The first-order chi connectivity index (χ1) is 17.5. The molecule has 202 valence electrons. The molecule has 1 fully saturated rings. The molecule has 4 rings (SSSR count). The Kier molecular flexibility index (Phi) is 9.20. The normalized spacial score (nSPS) is 26.0. The molecule has 5 unspecified atom stereocenters. The zero-order chi connectivity index (χ0) is 26.6. The lowest BCUT2D eigenvalue weighted by Crippen LogP contribution is -2.59. The van der Waals surface area contributed by atoms with Crippen LogP contribution in [0.2, 0.25) is 18.1 Å². The van der Waals surface area contributed by atoms with Crippen LogP contribution in [0.5, 0.6) is 0 Å². The molecule has 2 aliphatic rings. The van der Waals surface area contributed by atoms with Crippen LogP contribution in [0.1, 0.15) is 31.9 Å². The average molecular weight is 543 g/mol. The number of nitrogens with zero attached hydrogens (tertiary/aromatic N) is 2. The molecule has 0 spiro atoms. The Morgan fingerprint density at radius 1 is 0.892 bits per heavy atom. The largest absolute Gasteiger partial charge is 0.414 e. The van der Waals surface area contributed by atoms with Crippen molar-refractivity contribution in [3.8, 4) is 0 Å². The number of aliphatic imine (C=N–C) groups is 1. The van der Waals surface area contributed by atoms with Gasteiger partial charge in [0.25, 0.3) is 0 Å². The molecule has 6 nitrogen and oxygen atoms in total. The van der Waals surface area contributed by atoms with Gasteiger partial charge in [-0.2, -0.15) is 0 Å². The summed E-state index contributed by atoms with van der Waals surface area (Å²) in [6, 6.07) is 20.4. The number of amidine groups is 1. The molecular formula is C29H42N2O4SSi. The molecule has 0 amide bonds. The number of hydrogen-bond acceptors (Lipinski definition) is 7. The predicted molar refractivity (Wildman–Crippen MR) is 154 cm³/mol. The van der Waals surface area contributed by atoms with Gasteiger partial charge in [-0.25, -0.2) is 0 Å². The first-order valence-electron chi connectivity index (χ1n) is 13.1. The molecule has 0 bridgehead atoms. The van der Waals surface area contributed by atoms with Crippen LogP contribution in [0.4, 0.5) is 0 Å². The number of ether oxygens (including phenoxy) is 3. The van der Waals surface area contributed by atoms with Gasteiger partial charge in [0, 0.05) is 14.1 Å². The number of hydrogen-bond donors (Lipinski definition) is 0. The van der Waals surface area contributed by atoms with Crippen molar-refractivity contribution in [2.24, 2.45) is 4.99 Å². The maximum atomic E-state index is 6.70. The van der Waals surface area contributed by atoms with Gasteiger partial charge in [0.2, 0.25) is 0 Å². The van der Waals surface area contributed by atoms with Gasteiger partial charge < -0.3 is 23.5 Å². The van der Waals surface area contributed by atoms with Crippen LogP contribution in [0, 0.1) is 0 Å². The van der Waals surface area contributed by atoms with Gasteiger partial charge in [-0.05, 0) is 29.3 Å². The standard InChI is InChI=1S/C29H42N2O4SSi/c1-29(2,3)37(6,7)34-20-23-25(32-18-21-14-10-8-11-15-21)26(33-19-22-16-12-9-13-17-22)24-27(35-23)36-28(30-24)31(4)5/h8-17,23-27H,18-20H2,1-7H3. The second kappa shape index (κ2) is 12.0. The highest BCUT2D eigenvalue weighted by atomic mass is 32.2. The Hall–Kier alpha value is -1.68. The van der Waals surface area contributed by atoms with Crippen molar-refractivity contribution in [1.82, 2.24) is 4.90 Å². The minimum atomic E-state index is -1.98. The summed E-state index contributed by atoms with van der Waals surface area (Å²) in [5, 5.41) is 1.06. The molecule has 0 aromatic heterocycles. The third-order valence-corrected chi connectivity index (χ3v) is 13.3. The van der Waals surface area contributed by atoms with Gasteiger partial charge in [-0.3, -0.25) is 4.99 Å². The molecule has 0 saturated carbocycles. The van der Waals surface area contributed by atoms with E-state index in [1.165, 1.54) is 0 Å². The van der Waals surface area contributed by atoms with Crippen LogP contribution in [-0.2, 0) is 31.9 Å².